The number of nitrogens with one attached hydrogen (secondary N) is 1. The van der Waals surface area contributed by atoms with E-state index in [4.69, 9.17) is 0 Å². The molecule has 0 bridgehead atoms. The molecule has 0 fully saturated rings. The molecule has 1 rings (SSSR count). The van der Waals surface area contributed by atoms with Crippen LogP contribution in [0.5, 0.6) is 0 Å². The molecule has 2 atom stereocenters. The maximum absolute atomic E-state index is 3.29. The molecule has 13 heavy (non-hydrogen) atoms. The van der Waals surface area contributed by atoms with Gasteiger partial charge in [-0.15, -0.1) is 0 Å². The summed E-state index contributed by atoms with van der Waals surface area (Å²) in [5.74, 6) is 0.526. The van der Waals surface area contributed by atoms with Crippen molar-refractivity contribution in [2.24, 2.45) is 5.92 Å². The molecular weight excluding hydrogens is 158 g/mol. The molecule has 0 aromatic rings. The van der Waals surface area contributed by atoms with Gasteiger partial charge in [0, 0.05) is 0 Å². The lowest BCUT2D eigenvalue weighted by atomic mass is 9.94. The SMILES string of the molecule is CNC1(C)/C=C\C(C)=C/C(C)/C=C\1. The highest BCUT2D eigenvalue weighted by Crippen LogP contribution is 2.16. The van der Waals surface area contributed by atoms with Crippen LogP contribution in [0.4, 0.5) is 0 Å². The van der Waals surface area contributed by atoms with Crippen LogP contribution in [0.2, 0.25) is 0 Å². The number of rotatable bonds is 1. The molecule has 1 aliphatic rings. The fraction of sp³-hybridized carbons (Fsp3) is 0.500. The Morgan fingerprint density at radius 1 is 1.38 bits per heavy atom. The van der Waals surface area contributed by atoms with Crippen LogP contribution in [0.15, 0.2) is 36.0 Å². The second kappa shape index (κ2) is 3.93. The van der Waals surface area contributed by atoms with Crippen LogP contribution in [-0.2, 0) is 0 Å². The third-order valence-electron chi connectivity index (χ3n) is 2.50. The van der Waals surface area contributed by atoms with Crippen LogP contribution in [0.25, 0.3) is 0 Å². The van der Waals surface area contributed by atoms with Gasteiger partial charge in [0.15, 0.2) is 0 Å². The van der Waals surface area contributed by atoms with Crippen molar-refractivity contribution in [2.75, 3.05) is 7.05 Å². The summed E-state index contributed by atoms with van der Waals surface area (Å²) in [4.78, 5) is 0. The molecule has 1 aliphatic carbocycles. The summed E-state index contributed by atoms with van der Waals surface area (Å²) >= 11 is 0. The van der Waals surface area contributed by atoms with Crippen molar-refractivity contribution in [3.05, 3.63) is 36.0 Å². The Hall–Kier alpha value is -0.820. The Balaban J connectivity index is 2.97. The maximum Gasteiger partial charge on any atom is 0.0522 e. The average Bonchev–Trinajstić information content (AvgIpc) is 2.10. The van der Waals surface area contributed by atoms with Crippen molar-refractivity contribution >= 4 is 0 Å². The minimum Gasteiger partial charge on any atom is -0.308 e. The largest absolute Gasteiger partial charge is 0.308 e. The third kappa shape index (κ3) is 2.85. The van der Waals surface area contributed by atoms with Crippen molar-refractivity contribution < 1.29 is 0 Å². The zero-order chi connectivity index (χ0) is 9.90. The smallest absolute Gasteiger partial charge is 0.0522 e. The van der Waals surface area contributed by atoms with E-state index in [9.17, 15) is 0 Å². The molecule has 1 N–H and O–H groups in total. The summed E-state index contributed by atoms with van der Waals surface area (Å²) in [6.45, 7) is 6.52. The lowest BCUT2D eigenvalue weighted by Gasteiger charge is -2.23. The van der Waals surface area contributed by atoms with Crippen LogP contribution in [0, 0.1) is 5.92 Å². The number of allylic oxidation sites excluding steroid dienone is 4. The molecule has 1 heteroatoms. The fourth-order valence-electron chi connectivity index (χ4n) is 1.40. The standard InChI is InChI=1S/C12H19N/c1-10-5-7-12(3,13-4)8-6-11(2)9-10/h5-10,13H,1-4H3/b7-5-,8-6-,11-9-. The molecule has 0 aromatic carbocycles. The molecule has 0 aromatic heterocycles. The molecule has 0 saturated carbocycles. The van der Waals surface area contributed by atoms with E-state index in [1.807, 2.05) is 7.05 Å². The maximum atomic E-state index is 3.29. The van der Waals surface area contributed by atoms with E-state index in [1.165, 1.54) is 5.57 Å². The van der Waals surface area contributed by atoms with E-state index < -0.39 is 0 Å². The van der Waals surface area contributed by atoms with Gasteiger partial charge in [0.1, 0.15) is 0 Å². The van der Waals surface area contributed by atoms with Gasteiger partial charge >= 0.3 is 0 Å². The van der Waals surface area contributed by atoms with E-state index in [0.717, 1.165) is 0 Å². The van der Waals surface area contributed by atoms with Crippen LogP contribution in [-0.4, -0.2) is 12.6 Å². The van der Waals surface area contributed by atoms with Gasteiger partial charge in [-0.05, 0) is 26.8 Å². The van der Waals surface area contributed by atoms with Crippen molar-refractivity contribution in [3.8, 4) is 0 Å². The van der Waals surface area contributed by atoms with Gasteiger partial charge in [-0.25, -0.2) is 0 Å². The van der Waals surface area contributed by atoms with Gasteiger partial charge in [-0.1, -0.05) is 42.9 Å². The van der Waals surface area contributed by atoms with Crippen LogP contribution in [0.3, 0.4) is 0 Å². The number of hydrogen-bond acceptors (Lipinski definition) is 1. The van der Waals surface area contributed by atoms with Crippen molar-refractivity contribution in [3.63, 3.8) is 0 Å². The van der Waals surface area contributed by atoms with Crippen LogP contribution in [0.1, 0.15) is 20.8 Å². The minimum atomic E-state index is 0.00375. The predicted molar refractivity (Wildman–Crippen MR) is 58.7 cm³/mol. The van der Waals surface area contributed by atoms with E-state index in [-0.39, 0.29) is 5.54 Å². The first-order valence-electron chi connectivity index (χ1n) is 4.82. The zero-order valence-electron chi connectivity index (χ0n) is 8.96. The minimum absolute atomic E-state index is 0.00375. The topological polar surface area (TPSA) is 12.0 Å². The summed E-state index contributed by atoms with van der Waals surface area (Å²) in [5, 5.41) is 3.29. The van der Waals surface area contributed by atoms with Gasteiger partial charge < -0.3 is 5.32 Å². The van der Waals surface area contributed by atoms with E-state index in [0.29, 0.717) is 5.92 Å². The Morgan fingerprint density at radius 2 is 2.08 bits per heavy atom. The lowest BCUT2D eigenvalue weighted by molar-refractivity contribution is 0.583. The van der Waals surface area contributed by atoms with Gasteiger partial charge in [0.2, 0.25) is 0 Å². The Bertz CT molecular complexity index is 260. The highest BCUT2D eigenvalue weighted by Gasteiger charge is 2.14. The summed E-state index contributed by atoms with van der Waals surface area (Å²) in [5.41, 5.74) is 1.34. The quantitative estimate of drug-likeness (QED) is 0.607. The summed E-state index contributed by atoms with van der Waals surface area (Å²) < 4.78 is 0. The number of likely N-dealkylation sites (N-methyl/N-ethyl adjacent to an activating group) is 1. The fourth-order valence-corrected chi connectivity index (χ4v) is 1.40. The van der Waals surface area contributed by atoms with Gasteiger partial charge in [0.25, 0.3) is 0 Å². The molecule has 0 aliphatic heterocycles. The predicted octanol–water partition coefficient (Wildman–Crippen LogP) is 2.67. The van der Waals surface area contributed by atoms with Crippen LogP contribution < -0.4 is 5.32 Å². The first kappa shape index (κ1) is 10.3. The first-order chi connectivity index (χ1) is 6.06. The van der Waals surface area contributed by atoms with Crippen molar-refractivity contribution in [1.82, 2.24) is 5.32 Å². The second-order valence-corrected chi connectivity index (χ2v) is 3.99. The van der Waals surface area contributed by atoms with Crippen LogP contribution >= 0.6 is 0 Å². The van der Waals surface area contributed by atoms with E-state index in [2.05, 4.69) is 56.5 Å². The first-order valence-corrected chi connectivity index (χ1v) is 4.82. The second-order valence-electron chi connectivity index (χ2n) is 3.99. The average molecular weight is 177 g/mol. The molecular formula is C12H19N. The molecule has 0 spiro atoms. The lowest BCUT2D eigenvalue weighted by Crippen LogP contribution is -2.35. The van der Waals surface area contributed by atoms with Gasteiger partial charge in [0.05, 0.1) is 5.54 Å². The van der Waals surface area contributed by atoms with Gasteiger partial charge in [-0.2, -0.15) is 0 Å². The molecule has 0 heterocycles. The van der Waals surface area contributed by atoms with Gasteiger partial charge in [-0.3, -0.25) is 0 Å². The molecule has 1 nitrogen and oxygen atoms in total. The zero-order valence-corrected chi connectivity index (χ0v) is 8.96. The number of hydrogen-bond donors (Lipinski definition) is 1. The molecule has 72 valence electrons. The monoisotopic (exact) mass is 177 g/mol. The van der Waals surface area contributed by atoms with Crippen molar-refractivity contribution in [2.45, 2.75) is 26.3 Å². The Kier molecular flexibility index (Phi) is 3.10. The Morgan fingerprint density at radius 3 is 2.69 bits per heavy atom. The molecule has 0 saturated heterocycles. The summed E-state index contributed by atoms with van der Waals surface area (Å²) in [6.07, 6.45) is 11.1. The highest BCUT2D eigenvalue weighted by atomic mass is 14.9. The highest BCUT2D eigenvalue weighted by molar-refractivity contribution is 5.28. The molecule has 0 amide bonds. The Labute approximate surface area is 81.2 Å². The van der Waals surface area contributed by atoms with E-state index >= 15 is 0 Å². The summed E-state index contributed by atoms with van der Waals surface area (Å²) in [6, 6.07) is 0. The van der Waals surface area contributed by atoms with E-state index in [1.54, 1.807) is 0 Å². The summed E-state index contributed by atoms with van der Waals surface area (Å²) in [7, 11) is 1.99. The molecule has 0 radical (unpaired) electrons. The van der Waals surface area contributed by atoms with Crippen molar-refractivity contribution in [1.29, 1.82) is 0 Å². The molecule has 2 unspecified atom stereocenters. The third-order valence-corrected chi connectivity index (χ3v) is 2.50. The normalized spacial score (nSPS) is 42.8.